The van der Waals surface area contributed by atoms with Gasteiger partial charge in [0.05, 0.1) is 6.54 Å². The Kier molecular flexibility index (Phi) is 3.94. The molecule has 1 unspecified atom stereocenters. The normalized spacial score (nSPS) is 23.9. The van der Waals surface area contributed by atoms with Gasteiger partial charge in [-0.15, -0.1) is 0 Å². The Hall–Kier alpha value is -1.06. The molecule has 0 aromatic carbocycles. The van der Waals surface area contributed by atoms with E-state index in [1.807, 2.05) is 20.8 Å². The van der Waals surface area contributed by atoms with Crippen LogP contribution in [0.15, 0.2) is 4.99 Å². The summed E-state index contributed by atoms with van der Waals surface area (Å²) in [5.74, 6) is 0.400. The summed E-state index contributed by atoms with van der Waals surface area (Å²) in [6.07, 6.45) is 0.788. The number of rotatable bonds is 1. The van der Waals surface area contributed by atoms with Gasteiger partial charge in [0.25, 0.3) is 0 Å². The zero-order chi connectivity index (χ0) is 12.3. The lowest BCUT2D eigenvalue weighted by Crippen LogP contribution is -2.35. The van der Waals surface area contributed by atoms with Crippen molar-refractivity contribution in [2.75, 3.05) is 20.1 Å². The van der Waals surface area contributed by atoms with Crippen LogP contribution in [0.25, 0.3) is 0 Å². The first-order valence-electron chi connectivity index (χ1n) is 5.81. The van der Waals surface area contributed by atoms with Crippen molar-refractivity contribution in [3.05, 3.63) is 0 Å². The van der Waals surface area contributed by atoms with Crippen molar-refractivity contribution in [1.82, 2.24) is 4.90 Å². The highest BCUT2D eigenvalue weighted by atomic mass is 16.6. The maximum atomic E-state index is 11.8. The third-order valence-electron chi connectivity index (χ3n) is 2.70. The first-order chi connectivity index (χ1) is 7.37. The fourth-order valence-corrected chi connectivity index (χ4v) is 1.84. The molecule has 4 nitrogen and oxygen atoms in total. The minimum atomic E-state index is -0.426. The van der Waals surface area contributed by atoms with E-state index in [9.17, 15) is 4.79 Å². The maximum absolute atomic E-state index is 11.8. The van der Waals surface area contributed by atoms with Crippen LogP contribution in [0, 0.1) is 5.92 Å². The SMILES string of the molecule is CCC1CN(C(=O)OC(C)(C)C)CC1=NC. The maximum Gasteiger partial charge on any atom is 0.410 e. The topological polar surface area (TPSA) is 41.9 Å². The van der Waals surface area contributed by atoms with E-state index < -0.39 is 5.60 Å². The van der Waals surface area contributed by atoms with Gasteiger partial charge < -0.3 is 9.64 Å². The van der Waals surface area contributed by atoms with Crippen molar-refractivity contribution in [2.24, 2.45) is 10.9 Å². The van der Waals surface area contributed by atoms with Crippen LogP contribution in [0.5, 0.6) is 0 Å². The average Bonchev–Trinajstić information content (AvgIpc) is 2.57. The number of ether oxygens (including phenoxy) is 1. The van der Waals surface area contributed by atoms with Crippen molar-refractivity contribution < 1.29 is 9.53 Å². The summed E-state index contributed by atoms with van der Waals surface area (Å²) >= 11 is 0. The molecule has 1 amide bonds. The smallest absolute Gasteiger partial charge is 0.410 e. The van der Waals surface area contributed by atoms with E-state index in [0.29, 0.717) is 12.5 Å². The first-order valence-corrected chi connectivity index (χ1v) is 5.81. The third kappa shape index (κ3) is 3.22. The van der Waals surface area contributed by atoms with Crippen molar-refractivity contribution >= 4 is 11.8 Å². The van der Waals surface area contributed by atoms with Gasteiger partial charge in [0.15, 0.2) is 0 Å². The minimum Gasteiger partial charge on any atom is -0.444 e. The Morgan fingerprint density at radius 3 is 2.56 bits per heavy atom. The number of carbonyl (C=O) groups is 1. The molecule has 0 aromatic rings. The van der Waals surface area contributed by atoms with Gasteiger partial charge in [0, 0.05) is 25.2 Å². The van der Waals surface area contributed by atoms with Crippen LogP contribution < -0.4 is 0 Å². The van der Waals surface area contributed by atoms with Gasteiger partial charge in [-0.2, -0.15) is 0 Å². The van der Waals surface area contributed by atoms with Gasteiger partial charge in [0.1, 0.15) is 5.60 Å². The Labute approximate surface area is 97.7 Å². The van der Waals surface area contributed by atoms with E-state index in [-0.39, 0.29) is 6.09 Å². The first kappa shape index (κ1) is 13.0. The molecule has 1 rings (SSSR count). The summed E-state index contributed by atoms with van der Waals surface area (Å²) in [4.78, 5) is 17.8. The molecule has 1 fully saturated rings. The van der Waals surface area contributed by atoms with Crippen molar-refractivity contribution in [1.29, 1.82) is 0 Å². The van der Waals surface area contributed by atoms with Crippen LogP contribution in [0.3, 0.4) is 0 Å². The fraction of sp³-hybridized carbons (Fsp3) is 0.833. The quantitative estimate of drug-likeness (QED) is 0.688. The van der Waals surface area contributed by atoms with Gasteiger partial charge >= 0.3 is 6.09 Å². The summed E-state index contributed by atoms with van der Waals surface area (Å²) in [5.41, 5.74) is 0.679. The van der Waals surface area contributed by atoms with Gasteiger partial charge in [0.2, 0.25) is 0 Å². The van der Waals surface area contributed by atoms with Crippen LogP contribution in [-0.2, 0) is 4.74 Å². The van der Waals surface area contributed by atoms with Crippen molar-refractivity contribution in [3.8, 4) is 0 Å². The minimum absolute atomic E-state index is 0.232. The van der Waals surface area contributed by atoms with E-state index in [1.165, 1.54) is 0 Å². The number of amides is 1. The highest BCUT2D eigenvalue weighted by Gasteiger charge is 2.32. The Bertz CT molecular complexity index is 292. The van der Waals surface area contributed by atoms with Crippen LogP contribution in [0.1, 0.15) is 34.1 Å². The second-order valence-electron chi connectivity index (χ2n) is 5.18. The monoisotopic (exact) mass is 226 g/mol. The summed E-state index contributed by atoms with van der Waals surface area (Å²) in [6, 6.07) is 0. The zero-order valence-corrected chi connectivity index (χ0v) is 10.9. The van der Waals surface area contributed by atoms with Crippen molar-refractivity contribution in [2.45, 2.75) is 39.7 Å². The Morgan fingerprint density at radius 2 is 2.19 bits per heavy atom. The molecular weight excluding hydrogens is 204 g/mol. The molecule has 0 bridgehead atoms. The van der Waals surface area contributed by atoms with Crippen LogP contribution >= 0.6 is 0 Å². The van der Waals surface area contributed by atoms with E-state index in [0.717, 1.165) is 18.7 Å². The predicted octanol–water partition coefficient (Wildman–Crippen LogP) is 2.33. The van der Waals surface area contributed by atoms with E-state index in [4.69, 9.17) is 4.74 Å². The Balaban J connectivity index is 2.61. The predicted molar refractivity (Wildman–Crippen MR) is 64.9 cm³/mol. The number of likely N-dealkylation sites (tertiary alicyclic amines) is 1. The fourth-order valence-electron chi connectivity index (χ4n) is 1.84. The lowest BCUT2D eigenvalue weighted by molar-refractivity contribution is 0.0292. The molecule has 0 N–H and O–H groups in total. The molecule has 4 heteroatoms. The number of carbonyl (C=O) groups excluding carboxylic acids is 1. The molecule has 0 aliphatic carbocycles. The number of aliphatic imine (C=N–C) groups is 1. The number of hydrogen-bond acceptors (Lipinski definition) is 3. The molecule has 1 atom stereocenters. The van der Waals surface area contributed by atoms with Gasteiger partial charge in [-0.25, -0.2) is 4.79 Å². The number of hydrogen-bond donors (Lipinski definition) is 0. The van der Waals surface area contributed by atoms with Gasteiger partial charge in [-0.1, -0.05) is 6.92 Å². The largest absolute Gasteiger partial charge is 0.444 e. The summed E-state index contributed by atoms with van der Waals surface area (Å²) < 4.78 is 5.34. The molecule has 0 radical (unpaired) electrons. The second-order valence-corrected chi connectivity index (χ2v) is 5.18. The molecular formula is C12H22N2O2. The summed E-state index contributed by atoms with van der Waals surface area (Å²) in [6.45, 7) is 9.11. The lowest BCUT2D eigenvalue weighted by Gasteiger charge is -2.24. The van der Waals surface area contributed by atoms with Crippen LogP contribution in [0.4, 0.5) is 4.79 Å². The molecule has 0 spiro atoms. The lowest BCUT2D eigenvalue weighted by atomic mass is 10.0. The molecule has 0 saturated carbocycles. The molecule has 0 aromatic heterocycles. The van der Waals surface area contributed by atoms with E-state index in [2.05, 4.69) is 11.9 Å². The summed E-state index contributed by atoms with van der Waals surface area (Å²) in [7, 11) is 1.79. The van der Waals surface area contributed by atoms with Crippen molar-refractivity contribution in [3.63, 3.8) is 0 Å². The standard InChI is InChI=1S/C12H22N2O2/c1-6-9-7-14(8-10(9)13-5)11(15)16-12(2,3)4/h9H,6-8H2,1-5H3. The molecule has 1 aliphatic rings. The van der Waals surface area contributed by atoms with Gasteiger partial charge in [-0.05, 0) is 27.2 Å². The molecule has 16 heavy (non-hydrogen) atoms. The highest BCUT2D eigenvalue weighted by molar-refractivity contribution is 5.93. The van der Waals surface area contributed by atoms with E-state index in [1.54, 1.807) is 11.9 Å². The second kappa shape index (κ2) is 4.85. The average molecular weight is 226 g/mol. The number of nitrogens with zero attached hydrogens (tertiary/aromatic N) is 2. The third-order valence-corrected chi connectivity index (χ3v) is 2.70. The highest BCUT2D eigenvalue weighted by Crippen LogP contribution is 2.20. The zero-order valence-electron chi connectivity index (χ0n) is 10.9. The van der Waals surface area contributed by atoms with E-state index >= 15 is 0 Å². The molecule has 1 heterocycles. The van der Waals surface area contributed by atoms with Crippen LogP contribution in [0.2, 0.25) is 0 Å². The summed E-state index contributed by atoms with van der Waals surface area (Å²) in [5, 5.41) is 0. The molecule has 1 aliphatic heterocycles. The molecule has 1 saturated heterocycles. The van der Waals surface area contributed by atoms with Gasteiger partial charge in [-0.3, -0.25) is 4.99 Å². The Morgan fingerprint density at radius 1 is 1.56 bits per heavy atom. The molecule has 92 valence electrons. The van der Waals surface area contributed by atoms with Crippen LogP contribution in [-0.4, -0.2) is 42.4 Å².